The number of hydrogen-bond donors (Lipinski definition) is 3. The molecule has 0 spiro atoms. The van der Waals surface area contributed by atoms with Crippen LogP contribution in [0.4, 0.5) is 0 Å². The molecule has 0 aromatic rings. The Hall–Kier alpha value is 3.90. The Morgan fingerprint density at radius 2 is 1.09 bits per heavy atom. The summed E-state index contributed by atoms with van der Waals surface area (Å²) < 4.78 is 8.88. The predicted molar refractivity (Wildman–Crippen MR) is 43.5 cm³/mol. The van der Waals surface area contributed by atoms with Crippen LogP contribution in [0.25, 0.3) is 0 Å². The Balaban J connectivity index is -0.00000000533. The van der Waals surface area contributed by atoms with E-state index in [9.17, 15) is 0 Å². The minimum absolute atomic E-state index is 0. The van der Waals surface area contributed by atoms with E-state index in [1.54, 1.807) is 0 Å². The fourth-order valence-electron chi connectivity index (χ4n) is 0. The van der Waals surface area contributed by atoms with E-state index in [2.05, 4.69) is 0 Å². The molecule has 11 heteroatoms. The molecule has 0 bridgehead atoms. The summed E-state index contributed by atoms with van der Waals surface area (Å²) in [7, 11) is -4.64. The first-order valence-electron chi connectivity index (χ1n) is 0.783. The molecule has 0 aromatic carbocycles. The summed E-state index contributed by atoms with van der Waals surface area (Å²) in [6, 6.07) is 0. The molecule has 0 aliphatic carbocycles. The van der Waals surface area contributed by atoms with Crippen molar-refractivity contribution in [2.75, 3.05) is 0 Å². The third kappa shape index (κ3) is 129. The van der Waals surface area contributed by atoms with E-state index in [0.717, 1.165) is 0 Å². The van der Waals surface area contributed by atoms with Crippen molar-refractivity contribution in [2.45, 2.75) is 0 Å². The topological polar surface area (TPSA) is 109 Å². The van der Waals surface area contributed by atoms with Crippen LogP contribution in [-0.4, -0.2) is 105 Å². The van der Waals surface area contributed by atoms with E-state index in [4.69, 9.17) is 19.2 Å². The molecule has 5 nitrogen and oxygen atoms in total. The molecule has 0 saturated heterocycles. The van der Waals surface area contributed by atoms with Crippen molar-refractivity contribution in [3.05, 3.63) is 0 Å². The van der Waals surface area contributed by atoms with E-state index >= 15 is 0 Å². The van der Waals surface area contributed by atoms with Gasteiger partial charge in [-0.15, -0.1) is 0 Å². The van der Waals surface area contributed by atoms with Crippen LogP contribution < -0.4 is 0 Å². The Morgan fingerprint density at radius 3 is 1.09 bits per heavy atom. The molecule has 0 aromatic heterocycles. The molecule has 0 rings (SSSR count). The van der Waals surface area contributed by atoms with Crippen LogP contribution in [-0.2, 0) is 38.7 Å². The normalized spacial score (nSPS) is 5.36. The van der Waals surface area contributed by atoms with Gasteiger partial charge in [0.25, 0.3) is 0 Å². The molecule has 67 valence electrons. The molecule has 0 fully saturated rings. The maximum atomic E-state index is 8.88. The monoisotopic (exact) mass is 323 g/mol. The van der Waals surface area contributed by atoms with Crippen LogP contribution in [0.15, 0.2) is 0 Å². The molecule has 11 heavy (non-hydrogen) atoms. The van der Waals surface area contributed by atoms with Gasteiger partial charge in [0.1, 0.15) is 0 Å². The van der Waals surface area contributed by atoms with Crippen molar-refractivity contribution in [3.8, 4) is 0 Å². The standard InChI is InChI=1S/Al.Ca.Fe.Mn.Na.H3O4P.H2O.6H/c;;;;;1-5(2,3)4;;;;;;;/h;;;;;(H3,1,2,3,4);1H2;;;;;;. The molecule has 1 radical (unpaired) electrons. The van der Waals surface area contributed by atoms with Crippen LogP contribution in [0.2, 0.25) is 0 Å². The Morgan fingerprint density at radius 1 is 1.09 bits per heavy atom. The van der Waals surface area contributed by atoms with Gasteiger partial charge in [-0.3, -0.25) is 0 Å². The zero-order valence-electron chi connectivity index (χ0n) is 3.43. The Labute approximate surface area is 148 Å². The van der Waals surface area contributed by atoms with Crippen molar-refractivity contribution in [1.29, 1.82) is 0 Å². The van der Waals surface area contributed by atoms with Gasteiger partial charge in [0.15, 0.2) is 17.4 Å². The first kappa shape index (κ1) is 46.1. The van der Waals surface area contributed by atoms with E-state index in [0.29, 0.717) is 0 Å². The van der Waals surface area contributed by atoms with Crippen molar-refractivity contribution >= 4 is 92.5 Å². The van der Waals surface area contributed by atoms with E-state index in [1.165, 1.54) is 0 Å². The van der Waals surface area contributed by atoms with Gasteiger partial charge in [0.05, 0.1) is 0 Å². The van der Waals surface area contributed by atoms with E-state index in [1.807, 2.05) is 0 Å². The van der Waals surface area contributed by atoms with Crippen molar-refractivity contribution < 1.29 is 58.9 Å². The van der Waals surface area contributed by atoms with Crippen LogP contribution in [0, 0.1) is 0 Å². The number of hydrogen-bond acceptors (Lipinski definition) is 1. The predicted octanol–water partition coefficient (Wildman–Crippen LogP) is -4.51. The van der Waals surface area contributed by atoms with E-state index < -0.39 is 7.82 Å². The number of phosphoric acid groups is 1. The quantitative estimate of drug-likeness (QED) is 0.308. The average Bonchev–Trinajstić information content (AvgIpc) is 0.722. The molecule has 0 aliphatic rings. The summed E-state index contributed by atoms with van der Waals surface area (Å²) in [4.78, 5) is 21.6. The third-order valence-corrected chi connectivity index (χ3v) is 0. The van der Waals surface area contributed by atoms with Gasteiger partial charge in [-0.2, -0.15) is 0 Å². The molecule has 0 aliphatic heterocycles. The van der Waals surface area contributed by atoms with Gasteiger partial charge < -0.3 is 20.2 Å². The summed E-state index contributed by atoms with van der Waals surface area (Å²) in [5.74, 6) is 0. The van der Waals surface area contributed by atoms with E-state index in [-0.39, 0.29) is 124 Å². The second-order valence-electron chi connectivity index (χ2n) is 0.513. The SMILES string of the molecule is O.O=P(O)(O)O.[AlH3].[CaH2].[Fe].[Mn].[NaH]. The third-order valence-electron chi connectivity index (χ3n) is 0. The Bertz CT molecular complexity index is 72.6. The molecule has 0 atom stereocenters. The van der Waals surface area contributed by atoms with Gasteiger partial charge in [-0.1, -0.05) is 0 Å². The molecule has 0 saturated carbocycles. The molecule has 0 unspecified atom stereocenters. The van der Waals surface area contributed by atoms with Gasteiger partial charge >= 0.3 is 75.1 Å². The fourth-order valence-corrected chi connectivity index (χ4v) is 0. The summed E-state index contributed by atoms with van der Waals surface area (Å²) in [6.07, 6.45) is 0. The summed E-state index contributed by atoms with van der Waals surface area (Å²) in [5.41, 5.74) is 0. The molecule has 5 N–H and O–H groups in total. The first-order valence-corrected chi connectivity index (χ1v) is 2.35. The van der Waals surface area contributed by atoms with Gasteiger partial charge in [-0.05, 0) is 0 Å². The van der Waals surface area contributed by atoms with Gasteiger partial charge in [0, 0.05) is 34.1 Å². The number of rotatable bonds is 0. The molecular weight excluding hydrogens is 312 g/mol. The molecule has 0 heterocycles. The first-order chi connectivity index (χ1) is 2.00. The van der Waals surface area contributed by atoms with Crippen LogP contribution >= 0.6 is 7.82 Å². The average molecular weight is 323 g/mol. The second kappa shape index (κ2) is 23.6. The zero-order valence-corrected chi connectivity index (χ0v) is 6.61. The summed E-state index contributed by atoms with van der Waals surface area (Å²) >= 11 is 0. The molecule has 0 amide bonds. The summed E-state index contributed by atoms with van der Waals surface area (Å²) in [5, 5.41) is 0. The Kier molecular flexibility index (Phi) is 99.0. The van der Waals surface area contributed by atoms with Gasteiger partial charge in [0.2, 0.25) is 0 Å². The van der Waals surface area contributed by atoms with Crippen LogP contribution in [0.1, 0.15) is 0 Å². The zero-order chi connectivity index (χ0) is 4.50. The maximum absolute atomic E-state index is 8.88. The van der Waals surface area contributed by atoms with Crippen molar-refractivity contribution in [3.63, 3.8) is 0 Å². The van der Waals surface area contributed by atoms with Crippen LogP contribution in [0.5, 0.6) is 0 Å². The summed E-state index contributed by atoms with van der Waals surface area (Å²) in [6.45, 7) is 0. The molecular formula is H11AlCaFeMnNaO5P. The van der Waals surface area contributed by atoms with Crippen molar-refractivity contribution in [1.82, 2.24) is 0 Å². The fraction of sp³-hybridized carbons (Fsp3) is 0. The van der Waals surface area contributed by atoms with Crippen LogP contribution in [0.3, 0.4) is 0 Å². The van der Waals surface area contributed by atoms with Gasteiger partial charge in [-0.25, -0.2) is 4.57 Å². The van der Waals surface area contributed by atoms with Crippen molar-refractivity contribution in [2.24, 2.45) is 0 Å². The second-order valence-corrected chi connectivity index (χ2v) is 1.54. The minimum atomic E-state index is -4.64.